The first-order valence-electron chi connectivity index (χ1n) is 11.5. The number of para-hydroxylation sites is 1. The van der Waals surface area contributed by atoms with Crippen LogP contribution in [0.4, 0.5) is 5.69 Å². The van der Waals surface area contributed by atoms with Gasteiger partial charge in [0.25, 0.3) is 10.0 Å². The molecule has 0 aliphatic carbocycles. The average Bonchev–Trinajstić information content (AvgIpc) is 2.88. The summed E-state index contributed by atoms with van der Waals surface area (Å²) < 4.78 is 28.6. The van der Waals surface area contributed by atoms with Crippen LogP contribution in [0.2, 0.25) is 5.02 Å². The fourth-order valence-corrected chi connectivity index (χ4v) is 5.47. The maximum Gasteiger partial charge on any atom is 0.264 e. The molecule has 1 atom stereocenters. The number of halogens is 1. The summed E-state index contributed by atoms with van der Waals surface area (Å²) in [6.45, 7) is 3.20. The van der Waals surface area contributed by atoms with Gasteiger partial charge in [0.05, 0.1) is 10.6 Å². The lowest BCUT2D eigenvalue weighted by atomic mass is 10.1. The van der Waals surface area contributed by atoms with Crippen LogP contribution < -0.4 is 9.62 Å². The Morgan fingerprint density at radius 3 is 2.17 bits per heavy atom. The topological polar surface area (TPSA) is 86.8 Å². The van der Waals surface area contributed by atoms with Crippen molar-refractivity contribution in [2.45, 2.75) is 31.2 Å². The molecule has 0 bridgehead atoms. The Hall–Kier alpha value is -3.36. The van der Waals surface area contributed by atoms with Gasteiger partial charge in [-0.05, 0) is 61.7 Å². The van der Waals surface area contributed by atoms with Gasteiger partial charge in [-0.15, -0.1) is 0 Å². The zero-order chi connectivity index (χ0) is 26.3. The normalized spacial score (nSPS) is 12.0. The average molecular weight is 528 g/mol. The number of anilines is 1. The number of hydrogen-bond donors (Lipinski definition) is 1. The Morgan fingerprint density at radius 2 is 1.56 bits per heavy atom. The van der Waals surface area contributed by atoms with Crippen LogP contribution in [0.5, 0.6) is 0 Å². The lowest BCUT2D eigenvalue weighted by Gasteiger charge is -2.32. The first-order valence-corrected chi connectivity index (χ1v) is 13.4. The number of carbonyl (C=O) groups excluding carboxylic acids is 2. The summed E-state index contributed by atoms with van der Waals surface area (Å²) in [5.74, 6) is -0.817. The van der Waals surface area contributed by atoms with E-state index in [-0.39, 0.29) is 17.3 Å². The molecule has 190 valence electrons. The molecule has 7 nitrogen and oxygen atoms in total. The van der Waals surface area contributed by atoms with Crippen molar-refractivity contribution < 1.29 is 18.0 Å². The lowest BCUT2D eigenvalue weighted by molar-refractivity contribution is -0.138. The van der Waals surface area contributed by atoms with Crippen molar-refractivity contribution in [2.75, 3.05) is 24.4 Å². The molecule has 1 N–H and O–H groups in total. The molecule has 0 aliphatic rings. The molecular formula is C27H30ClN3O4S. The summed E-state index contributed by atoms with van der Waals surface area (Å²) in [6, 6.07) is 21.6. The van der Waals surface area contributed by atoms with Crippen LogP contribution in [0.25, 0.3) is 0 Å². The molecule has 9 heteroatoms. The van der Waals surface area contributed by atoms with E-state index in [1.807, 2.05) is 30.3 Å². The summed E-state index contributed by atoms with van der Waals surface area (Å²) in [5.41, 5.74) is 2.08. The Kier molecular flexibility index (Phi) is 9.12. The van der Waals surface area contributed by atoms with Gasteiger partial charge in [0.1, 0.15) is 12.6 Å². The van der Waals surface area contributed by atoms with Crippen LogP contribution >= 0.6 is 11.6 Å². The summed E-state index contributed by atoms with van der Waals surface area (Å²) >= 11 is 5.97. The van der Waals surface area contributed by atoms with Crippen molar-refractivity contribution in [2.24, 2.45) is 0 Å². The second kappa shape index (κ2) is 12.1. The lowest BCUT2D eigenvalue weighted by Crippen LogP contribution is -2.51. The van der Waals surface area contributed by atoms with E-state index in [2.05, 4.69) is 5.32 Å². The van der Waals surface area contributed by atoms with E-state index in [9.17, 15) is 18.0 Å². The standard InChI is InChI=1S/C27H30ClN3O4S/c1-20-9-7-8-12-25(20)31(36(34,35)24-15-13-23(28)14-16-24)19-26(32)30(21(2)27(33)29-3)18-17-22-10-5-4-6-11-22/h4-16,21H,17-19H2,1-3H3,(H,29,33)/t21-/m0/s1. The summed E-state index contributed by atoms with van der Waals surface area (Å²) in [6.07, 6.45) is 0.516. The molecule has 0 unspecified atom stereocenters. The van der Waals surface area contributed by atoms with E-state index in [0.29, 0.717) is 22.7 Å². The monoisotopic (exact) mass is 527 g/mol. The van der Waals surface area contributed by atoms with E-state index < -0.39 is 28.5 Å². The number of aryl methyl sites for hydroxylation is 1. The molecule has 0 spiro atoms. The highest BCUT2D eigenvalue weighted by molar-refractivity contribution is 7.92. The maximum absolute atomic E-state index is 13.7. The molecule has 0 fully saturated rings. The minimum absolute atomic E-state index is 0.0122. The third kappa shape index (κ3) is 6.44. The van der Waals surface area contributed by atoms with Crippen molar-refractivity contribution in [1.29, 1.82) is 0 Å². The van der Waals surface area contributed by atoms with Crippen LogP contribution in [-0.4, -0.2) is 51.3 Å². The van der Waals surface area contributed by atoms with Gasteiger partial charge in [-0.1, -0.05) is 60.1 Å². The third-order valence-electron chi connectivity index (χ3n) is 5.96. The largest absolute Gasteiger partial charge is 0.357 e. The molecule has 3 rings (SSSR count). The number of nitrogens with zero attached hydrogens (tertiary/aromatic N) is 2. The number of hydrogen-bond acceptors (Lipinski definition) is 4. The molecule has 0 heterocycles. The van der Waals surface area contributed by atoms with Crippen molar-refractivity contribution in [3.63, 3.8) is 0 Å². The Balaban J connectivity index is 1.98. The Morgan fingerprint density at radius 1 is 0.944 bits per heavy atom. The van der Waals surface area contributed by atoms with E-state index in [0.717, 1.165) is 9.87 Å². The van der Waals surface area contributed by atoms with Crippen molar-refractivity contribution >= 4 is 39.1 Å². The van der Waals surface area contributed by atoms with E-state index >= 15 is 0 Å². The fraction of sp³-hybridized carbons (Fsp3) is 0.259. The molecule has 36 heavy (non-hydrogen) atoms. The minimum atomic E-state index is -4.11. The van der Waals surface area contributed by atoms with E-state index in [1.165, 1.54) is 36.2 Å². The Bertz CT molecular complexity index is 1300. The van der Waals surface area contributed by atoms with Gasteiger partial charge in [0.15, 0.2) is 0 Å². The molecule has 0 radical (unpaired) electrons. The van der Waals surface area contributed by atoms with E-state index in [4.69, 9.17) is 11.6 Å². The SMILES string of the molecule is CNC(=O)[C@H](C)N(CCc1ccccc1)C(=O)CN(c1ccccc1C)S(=O)(=O)c1ccc(Cl)cc1. The minimum Gasteiger partial charge on any atom is -0.357 e. The molecule has 0 saturated heterocycles. The van der Waals surface area contributed by atoms with Crippen LogP contribution in [0.15, 0.2) is 83.8 Å². The molecule has 3 aromatic rings. The predicted octanol–water partition coefficient (Wildman–Crippen LogP) is 4.05. The number of sulfonamides is 1. The van der Waals surface area contributed by atoms with Gasteiger partial charge < -0.3 is 10.2 Å². The van der Waals surface area contributed by atoms with Gasteiger partial charge in [-0.3, -0.25) is 13.9 Å². The Labute approximate surface area is 217 Å². The highest BCUT2D eigenvalue weighted by Crippen LogP contribution is 2.27. The van der Waals surface area contributed by atoms with Gasteiger partial charge in [-0.2, -0.15) is 0 Å². The first kappa shape index (κ1) is 27.2. The maximum atomic E-state index is 13.7. The highest BCUT2D eigenvalue weighted by atomic mass is 35.5. The first-order chi connectivity index (χ1) is 17.1. The van der Waals surface area contributed by atoms with Gasteiger partial charge >= 0.3 is 0 Å². The number of amides is 2. The number of rotatable bonds is 10. The number of nitrogens with one attached hydrogen (secondary N) is 1. The smallest absolute Gasteiger partial charge is 0.264 e. The number of carbonyl (C=O) groups is 2. The summed E-state index contributed by atoms with van der Waals surface area (Å²) in [5, 5.41) is 2.98. The molecule has 3 aromatic carbocycles. The molecule has 2 amide bonds. The van der Waals surface area contributed by atoms with Crippen LogP contribution in [0.1, 0.15) is 18.1 Å². The van der Waals surface area contributed by atoms with Gasteiger partial charge in [0, 0.05) is 18.6 Å². The van der Waals surface area contributed by atoms with Crippen LogP contribution in [0.3, 0.4) is 0 Å². The van der Waals surface area contributed by atoms with Crippen molar-refractivity contribution in [3.8, 4) is 0 Å². The molecule has 0 aliphatic heterocycles. The second-order valence-corrected chi connectivity index (χ2v) is 10.7. The van der Waals surface area contributed by atoms with Crippen molar-refractivity contribution in [3.05, 3.63) is 95.0 Å². The van der Waals surface area contributed by atoms with Gasteiger partial charge in [-0.25, -0.2) is 8.42 Å². The quantitative estimate of drug-likeness (QED) is 0.431. The summed E-state index contributed by atoms with van der Waals surface area (Å²) in [7, 11) is -2.61. The predicted molar refractivity (Wildman–Crippen MR) is 143 cm³/mol. The molecule has 0 saturated carbocycles. The van der Waals surface area contributed by atoms with Gasteiger partial charge in [0.2, 0.25) is 11.8 Å². The number of likely N-dealkylation sites (N-methyl/N-ethyl adjacent to an activating group) is 1. The fourth-order valence-electron chi connectivity index (χ4n) is 3.87. The number of benzene rings is 3. The molecular weight excluding hydrogens is 498 g/mol. The summed E-state index contributed by atoms with van der Waals surface area (Å²) in [4.78, 5) is 27.6. The second-order valence-electron chi connectivity index (χ2n) is 8.37. The third-order valence-corrected chi connectivity index (χ3v) is 7.99. The van der Waals surface area contributed by atoms with Crippen molar-refractivity contribution in [1.82, 2.24) is 10.2 Å². The zero-order valence-electron chi connectivity index (χ0n) is 20.5. The molecule has 0 aromatic heterocycles. The van der Waals surface area contributed by atoms with Crippen LogP contribution in [-0.2, 0) is 26.0 Å². The van der Waals surface area contributed by atoms with Crippen LogP contribution in [0, 0.1) is 6.92 Å². The van der Waals surface area contributed by atoms with E-state index in [1.54, 1.807) is 38.1 Å². The highest BCUT2D eigenvalue weighted by Gasteiger charge is 2.32. The zero-order valence-corrected chi connectivity index (χ0v) is 22.1.